The Morgan fingerprint density at radius 1 is 1.56 bits per heavy atom. The van der Waals surface area contributed by atoms with Crippen LogP contribution in [0, 0.1) is 17.0 Å². The second kappa shape index (κ2) is 5.97. The van der Waals surface area contributed by atoms with Crippen molar-refractivity contribution < 1.29 is 19.9 Å². The molecule has 0 heterocycles. The van der Waals surface area contributed by atoms with Crippen LogP contribution in [-0.2, 0) is 4.79 Å². The number of nitrogens with zero attached hydrogens (tertiary/aromatic N) is 1. The Morgan fingerprint density at radius 2 is 2.22 bits per heavy atom. The van der Waals surface area contributed by atoms with Crippen molar-refractivity contribution in [1.29, 1.82) is 0 Å². The molecule has 0 radical (unpaired) electrons. The molecule has 0 aliphatic rings. The Balaban J connectivity index is 2.69. The minimum absolute atomic E-state index is 0.0274. The van der Waals surface area contributed by atoms with E-state index in [0.29, 0.717) is 5.69 Å². The lowest BCUT2D eigenvalue weighted by Crippen LogP contribution is -2.22. The molecule has 0 saturated heterocycles. The zero-order valence-corrected chi connectivity index (χ0v) is 9.79. The quantitative estimate of drug-likeness (QED) is 0.518. The summed E-state index contributed by atoms with van der Waals surface area (Å²) in [6, 6.07) is 4.60. The van der Waals surface area contributed by atoms with E-state index in [1.54, 1.807) is 19.1 Å². The minimum atomic E-state index is -1.47. The number of carboxylic acids is 1. The van der Waals surface area contributed by atoms with Gasteiger partial charge in [-0.2, -0.15) is 0 Å². The number of hydrogen-bond donors (Lipinski definition) is 3. The van der Waals surface area contributed by atoms with Gasteiger partial charge in [-0.3, -0.25) is 10.1 Å². The van der Waals surface area contributed by atoms with Crippen LogP contribution in [0.2, 0.25) is 0 Å². The molecule has 0 aliphatic carbocycles. The van der Waals surface area contributed by atoms with Gasteiger partial charge in [0.1, 0.15) is 5.69 Å². The van der Waals surface area contributed by atoms with Crippen LogP contribution in [0.25, 0.3) is 0 Å². The first-order valence-electron chi connectivity index (χ1n) is 5.31. The fourth-order valence-corrected chi connectivity index (χ4v) is 1.42. The molecular formula is C11H14N2O5. The van der Waals surface area contributed by atoms with Gasteiger partial charge in [0.15, 0.2) is 6.10 Å². The fraction of sp³-hybridized carbons (Fsp3) is 0.364. The number of aryl methyl sites for hydroxylation is 1. The second-order valence-corrected chi connectivity index (χ2v) is 3.85. The molecule has 7 nitrogen and oxygen atoms in total. The van der Waals surface area contributed by atoms with Gasteiger partial charge in [0.2, 0.25) is 0 Å². The Kier molecular flexibility index (Phi) is 4.61. The average Bonchev–Trinajstić information content (AvgIpc) is 2.28. The molecule has 0 fully saturated rings. The van der Waals surface area contributed by atoms with Crippen LogP contribution < -0.4 is 5.32 Å². The first kappa shape index (κ1) is 13.9. The van der Waals surface area contributed by atoms with E-state index >= 15 is 0 Å². The maximum atomic E-state index is 10.8. The highest BCUT2D eigenvalue weighted by Gasteiger charge is 2.15. The second-order valence-electron chi connectivity index (χ2n) is 3.85. The summed E-state index contributed by atoms with van der Waals surface area (Å²) in [5.41, 5.74) is 1.09. The number of nitro groups is 1. The monoisotopic (exact) mass is 254 g/mol. The van der Waals surface area contributed by atoms with E-state index in [0.717, 1.165) is 5.56 Å². The number of carboxylic acid groups (broad SMARTS) is 1. The number of aliphatic hydroxyl groups excluding tert-OH is 1. The van der Waals surface area contributed by atoms with Crippen molar-refractivity contribution in [3.63, 3.8) is 0 Å². The third-order valence-corrected chi connectivity index (χ3v) is 2.37. The highest BCUT2D eigenvalue weighted by molar-refractivity contribution is 5.72. The maximum absolute atomic E-state index is 10.8. The number of nitrogens with one attached hydrogen (secondary N) is 1. The van der Waals surface area contributed by atoms with Gasteiger partial charge in [-0.1, -0.05) is 6.07 Å². The molecular weight excluding hydrogens is 240 g/mol. The van der Waals surface area contributed by atoms with Crippen molar-refractivity contribution in [3.8, 4) is 0 Å². The zero-order valence-electron chi connectivity index (χ0n) is 9.79. The molecule has 98 valence electrons. The van der Waals surface area contributed by atoms with Gasteiger partial charge >= 0.3 is 5.97 Å². The van der Waals surface area contributed by atoms with Gasteiger partial charge in [-0.15, -0.1) is 0 Å². The summed E-state index contributed by atoms with van der Waals surface area (Å²) in [7, 11) is 0. The van der Waals surface area contributed by atoms with E-state index < -0.39 is 17.0 Å². The summed E-state index contributed by atoms with van der Waals surface area (Å²) in [4.78, 5) is 20.6. The van der Waals surface area contributed by atoms with E-state index in [1.165, 1.54) is 6.07 Å². The first-order chi connectivity index (χ1) is 8.41. The molecule has 3 N–H and O–H groups in total. The van der Waals surface area contributed by atoms with Crippen LogP contribution in [-0.4, -0.2) is 33.8 Å². The van der Waals surface area contributed by atoms with Crippen molar-refractivity contribution in [1.82, 2.24) is 0 Å². The normalized spacial score (nSPS) is 11.9. The van der Waals surface area contributed by atoms with Crippen molar-refractivity contribution in [2.75, 3.05) is 11.9 Å². The lowest BCUT2D eigenvalue weighted by molar-refractivity contribution is -0.384. The summed E-state index contributed by atoms with van der Waals surface area (Å²) in [6.45, 7) is 1.93. The lowest BCUT2D eigenvalue weighted by atomic mass is 10.2. The Bertz CT molecular complexity index is 461. The summed E-state index contributed by atoms with van der Waals surface area (Å²) < 4.78 is 0. The number of nitro benzene ring substituents is 1. The van der Waals surface area contributed by atoms with Crippen LogP contribution in [0.3, 0.4) is 0 Å². The van der Waals surface area contributed by atoms with E-state index in [4.69, 9.17) is 10.2 Å². The number of aliphatic carboxylic acids is 1. The molecule has 0 amide bonds. The third-order valence-electron chi connectivity index (χ3n) is 2.37. The number of aliphatic hydroxyl groups is 1. The number of benzene rings is 1. The molecule has 0 aromatic heterocycles. The fourth-order valence-electron chi connectivity index (χ4n) is 1.42. The standard InChI is InChI=1S/C11H14N2O5/c1-7-2-3-9(13(17)18)8(6-7)12-5-4-10(14)11(15)16/h2-3,6,10,12,14H,4-5H2,1H3,(H,15,16)/t10-/m0/s1. The smallest absolute Gasteiger partial charge is 0.332 e. The summed E-state index contributed by atoms with van der Waals surface area (Å²) >= 11 is 0. The third kappa shape index (κ3) is 3.70. The highest BCUT2D eigenvalue weighted by Crippen LogP contribution is 2.25. The van der Waals surface area contributed by atoms with Gasteiger partial charge in [0.25, 0.3) is 5.69 Å². The Morgan fingerprint density at radius 3 is 2.78 bits per heavy atom. The summed E-state index contributed by atoms with van der Waals surface area (Å²) in [6.07, 6.45) is -1.50. The first-order valence-corrected chi connectivity index (χ1v) is 5.31. The predicted molar refractivity (Wildman–Crippen MR) is 64.6 cm³/mol. The van der Waals surface area contributed by atoms with Gasteiger partial charge < -0.3 is 15.5 Å². The number of rotatable bonds is 6. The maximum Gasteiger partial charge on any atom is 0.332 e. The minimum Gasteiger partial charge on any atom is -0.479 e. The molecule has 1 atom stereocenters. The molecule has 1 aromatic rings. The molecule has 0 spiro atoms. The molecule has 0 aliphatic heterocycles. The van der Waals surface area contributed by atoms with E-state index in [9.17, 15) is 14.9 Å². The van der Waals surface area contributed by atoms with E-state index in [-0.39, 0.29) is 18.7 Å². The average molecular weight is 254 g/mol. The molecule has 18 heavy (non-hydrogen) atoms. The number of hydrogen-bond acceptors (Lipinski definition) is 5. The highest BCUT2D eigenvalue weighted by atomic mass is 16.6. The Hall–Kier alpha value is -2.15. The van der Waals surface area contributed by atoms with Crippen molar-refractivity contribution in [3.05, 3.63) is 33.9 Å². The largest absolute Gasteiger partial charge is 0.479 e. The lowest BCUT2D eigenvalue weighted by Gasteiger charge is -2.09. The van der Waals surface area contributed by atoms with Crippen LogP contribution in [0.4, 0.5) is 11.4 Å². The molecule has 0 unspecified atom stereocenters. The van der Waals surface area contributed by atoms with Gasteiger partial charge in [-0.25, -0.2) is 4.79 Å². The molecule has 0 saturated carbocycles. The van der Waals surface area contributed by atoms with Gasteiger partial charge in [-0.05, 0) is 18.6 Å². The van der Waals surface area contributed by atoms with Crippen molar-refractivity contribution in [2.24, 2.45) is 0 Å². The summed E-state index contributed by atoms with van der Waals surface area (Å²) in [5.74, 6) is -1.31. The van der Waals surface area contributed by atoms with E-state index in [2.05, 4.69) is 5.32 Å². The van der Waals surface area contributed by atoms with Crippen molar-refractivity contribution in [2.45, 2.75) is 19.4 Å². The predicted octanol–water partition coefficient (Wildman–Crippen LogP) is 1.15. The van der Waals surface area contributed by atoms with Crippen LogP contribution >= 0.6 is 0 Å². The summed E-state index contributed by atoms with van der Waals surface area (Å²) in [5, 5.41) is 31.1. The van der Waals surface area contributed by atoms with Crippen LogP contribution in [0.1, 0.15) is 12.0 Å². The van der Waals surface area contributed by atoms with Crippen molar-refractivity contribution >= 4 is 17.3 Å². The van der Waals surface area contributed by atoms with Crippen LogP contribution in [0.5, 0.6) is 0 Å². The number of anilines is 1. The van der Waals surface area contributed by atoms with Crippen LogP contribution in [0.15, 0.2) is 18.2 Å². The molecule has 1 aromatic carbocycles. The molecule has 1 rings (SSSR count). The van der Waals surface area contributed by atoms with E-state index in [1.807, 2.05) is 0 Å². The number of carbonyl (C=O) groups is 1. The zero-order chi connectivity index (χ0) is 13.7. The van der Waals surface area contributed by atoms with Gasteiger partial charge in [0.05, 0.1) is 4.92 Å². The molecule has 0 bridgehead atoms. The Labute approximate surface area is 103 Å². The topological polar surface area (TPSA) is 113 Å². The molecule has 7 heteroatoms. The SMILES string of the molecule is Cc1ccc([N+](=O)[O-])c(NCC[C@H](O)C(=O)O)c1. The van der Waals surface area contributed by atoms with Gasteiger partial charge in [0, 0.05) is 19.0 Å².